The van der Waals surface area contributed by atoms with Crippen LogP contribution >= 0.6 is 0 Å². The van der Waals surface area contributed by atoms with Crippen molar-refractivity contribution in [1.82, 2.24) is 15.3 Å². The lowest BCUT2D eigenvalue weighted by Gasteiger charge is -2.10. The molecule has 15 heavy (non-hydrogen) atoms. The predicted molar refractivity (Wildman–Crippen MR) is 62.8 cm³/mol. The molecule has 0 saturated heterocycles. The summed E-state index contributed by atoms with van der Waals surface area (Å²) in [5.74, 6) is 1.36. The number of rotatable bonds is 4. The highest BCUT2D eigenvalue weighted by Crippen LogP contribution is 2.12. The monoisotopic (exact) mass is 207 g/mol. The molecule has 1 aromatic heterocycles. The zero-order chi connectivity index (χ0) is 11.4. The fourth-order valence-electron chi connectivity index (χ4n) is 1.33. The number of nitrogens with zero attached hydrogens (tertiary/aromatic N) is 2. The van der Waals surface area contributed by atoms with Crippen LogP contribution in [0.4, 0.5) is 0 Å². The van der Waals surface area contributed by atoms with Crippen LogP contribution < -0.4 is 5.32 Å². The largest absolute Gasteiger partial charge is 0.308 e. The van der Waals surface area contributed by atoms with Gasteiger partial charge in [0.2, 0.25) is 0 Å². The molecule has 84 valence electrons. The summed E-state index contributed by atoms with van der Waals surface area (Å²) in [7, 11) is 0. The van der Waals surface area contributed by atoms with Crippen molar-refractivity contribution >= 4 is 0 Å². The fraction of sp³-hybridized carbons (Fsp3) is 0.667. The maximum atomic E-state index is 4.53. The third-order valence-electron chi connectivity index (χ3n) is 2.18. The molecule has 0 saturated carbocycles. The first-order valence-corrected chi connectivity index (χ1v) is 5.57. The van der Waals surface area contributed by atoms with E-state index >= 15 is 0 Å². The van der Waals surface area contributed by atoms with Gasteiger partial charge in [-0.3, -0.25) is 0 Å². The normalized spacial score (nSPS) is 11.4. The van der Waals surface area contributed by atoms with Crippen LogP contribution in [0.2, 0.25) is 0 Å². The number of nitrogens with one attached hydrogen (secondary N) is 1. The van der Waals surface area contributed by atoms with Crippen LogP contribution in [0, 0.1) is 6.92 Å². The van der Waals surface area contributed by atoms with E-state index in [4.69, 9.17) is 0 Å². The lowest BCUT2D eigenvalue weighted by molar-refractivity contribution is 0.568. The summed E-state index contributed by atoms with van der Waals surface area (Å²) in [6, 6.07) is 2.53. The molecule has 1 heterocycles. The van der Waals surface area contributed by atoms with E-state index in [2.05, 4.69) is 49.0 Å². The molecule has 0 amide bonds. The van der Waals surface area contributed by atoms with Gasteiger partial charge < -0.3 is 5.32 Å². The molecule has 0 aliphatic heterocycles. The molecule has 1 N–H and O–H groups in total. The molecule has 1 aromatic rings. The average Bonchev–Trinajstić information content (AvgIpc) is 2.13. The molecule has 0 radical (unpaired) electrons. The van der Waals surface area contributed by atoms with Gasteiger partial charge in [0.25, 0.3) is 0 Å². The van der Waals surface area contributed by atoms with Crippen LogP contribution in [-0.2, 0) is 6.54 Å². The minimum atomic E-state index is 0.462. The third-order valence-corrected chi connectivity index (χ3v) is 2.18. The van der Waals surface area contributed by atoms with Crippen LogP contribution in [0.3, 0.4) is 0 Å². The van der Waals surface area contributed by atoms with Gasteiger partial charge in [0, 0.05) is 17.4 Å². The van der Waals surface area contributed by atoms with Crippen LogP contribution in [0.5, 0.6) is 0 Å². The molecule has 0 aliphatic carbocycles. The molecule has 0 fully saturated rings. The molecule has 1 rings (SSSR count). The Balaban J connectivity index is 2.79. The van der Waals surface area contributed by atoms with E-state index in [1.54, 1.807) is 0 Å². The van der Waals surface area contributed by atoms with Gasteiger partial charge in [0.1, 0.15) is 5.82 Å². The molecule has 0 bridgehead atoms. The van der Waals surface area contributed by atoms with Gasteiger partial charge in [-0.25, -0.2) is 9.97 Å². The lowest BCUT2D eigenvalue weighted by atomic mass is 10.1. The Morgan fingerprint density at radius 3 is 2.40 bits per heavy atom. The third kappa shape index (κ3) is 3.96. The van der Waals surface area contributed by atoms with E-state index in [0.29, 0.717) is 12.0 Å². The summed E-state index contributed by atoms with van der Waals surface area (Å²) < 4.78 is 0. The van der Waals surface area contributed by atoms with Gasteiger partial charge in [-0.1, -0.05) is 27.7 Å². The fourth-order valence-corrected chi connectivity index (χ4v) is 1.33. The van der Waals surface area contributed by atoms with Crippen molar-refractivity contribution in [2.45, 2.75) is 53.1 Å². The van der Waals surface area contributed by atoms with Crippen molar-refractivity contribution in [1.29, 1.82) is 0 Å². The highest BCUT2D eigenvalue weighted by molar-refractivity contribution is 5.13. The molecule has 0 aromatic carbocycles. The first-order chi connectivity index (χ1) is 6.99. The van der Waals surface area contributed by atoms with Crippen molar-refractivity contribution in [3.05, 3.63) is 23.3 Å². The first-order valence-electron chi connectivity index (χ1n) is 5.57. The van der Waals surface area contributed by atoms with Crippen LogP contribution in [0.25, 0.3) is 0 Å². The van der Waals surface area contributed by atoms with Gasteiger partial charge in [-0.2, -0.15) is 0 Å². The number of aryl methyl sites for hydroxylation is 1. The van der Waals surface area contributed by atoms with Gasteiger partial charge in [-0.15, -0.1) is 0 Å². The second kappa shape index (κ2) is 5.21. The Labute approximate surface area is 92.3 Å². The highest BCUT2D eigenvalue weighted by atomic mass is 15.0. The first kappa shape index (κ1) is 12.1. The Morgan fingerprint density at radius 2 is 1.87 bits per heavy atom. The summed E-state index contributed by atoms with van der Waals surface area (Å²) in [6.45, 7) is 11.3. The quantitative estimate of drug-likeness (QED) is 0.824. The second-order valence-corrected chi connectivity index (χ2v) is 4.54. The van der Waals surface area contributed by atoms with Crippen molar-refractivity contribution in [2.75, 3.05) is 0 Å². The molecule has 0 unspecified atom stereocenters. The van der Waals surface area contributed by atoms with E-state index in [1.807, 2.05) is 6.92 Å². The van der Waals surface area contributed by atoms with Crippen molar-refractivity contribution in [3.63, 3.8) is 0 Å². The van der Waals surface area contributed by atoms with Crippen LogP contribution in [0.15, 0.2) is 6.07 Å². The van der Waals surface area contributed by atoms with Gasteiger partial charge >= 0.3 is 0 Å². The predicted octanol–water partition coefficient (Wildman–Crippen LogP) is 2.41. The van der Waals surface area contributed by atoms with Crippen LogP contribution in [0.1, 0.15) is 50.8 Å². The Morgan fingerprint density at radius 1 is 1.20 bits per heavy atom. The average molecular weight is 207 g/mol. The van der Waals surface area contributed by atoms with E-state index in [9.17, 15) is 0 Å². The van der Waals surface area contributed by atoms with Gasteiger partial charge in [0.05, 0.1) is 6.54 Å². The zero-order valence-electron chi connectivity index (χ0n) is 10.3. The SMILES string of the molecule is Cc1cc(C(C)C)nc(CNC(C)C)n1. The summed E-state index contributed by atoms with van der Waals surface area (Å²) in [6.07, 6.45) is 0. The smallest absolute Gasteiger partial charge is 0.142 e. The molecule has 0 aliphatic rings. The topological polar surface area (TPSA) is 37.8 Å². The second-order valence-electron chi connectivity index (χ2n) is 4.54. The summed E-state index contributed by atoms with van der Waals surface area (Å²) in [5, 5.41) is 3.33. The molecule has 3 heteroatoms. The lowest BCUT2D eigenvalue weighted by Crippen LogP contribution is -2.23. The number of aromatic nitrogens is 2. The highest BCUT2D eigenvalue weighted by Gasteiger charge is 2.05. The number of hydrogen-bond donors (Lipinski definition) is 1. The van der Waals surface area contributed by atoms with E-state index < -0.39 is 0 Å². The van der Waals surface area contributed by atoms with Gasteiger partial charge in [-0.05, 0) is 18.9 Å². The Hall–Kier alpha value is -0.960. The van der Waals surface area contributed by atoms with Crippen LogP contribution in [-0.4, -0.2) is 16.0 Å². The summed E-state index contributed by atoms with van der Waals surface area (Å²) in [5.41, 5.74) is 2.18. The molecular formula is C12H21N3. The molecule has 0 atom stereocenters. The molecule has 3 nitrogen and oxygen atoms in total. The summed E-state index contributed by atoms with van der Waals surface area (Å²) >= 11 is 0. The Kier molecular flexibility index (Phi) is 4.21. The Bertz CT molecular complexity index is 319. The standard InChI is InChI=1S/C12H21N3/c1-8(2)11-6-10(5)14-12(15-11)7-13-9(3)4/h6,8-9,13H,7H2,1-5H3. The van der Waals surface area contributed by atoms with Crippen molar-refractivity contribution in [3.8, 4) is 0 Å². The van der Waals surface area contributed by atoms with E-state index in [-0.39, 0.29) is 0 Å². The van der Waals surface area contributed by atoms with E-state index in [1.165, 1.54) is 0 Å². The minimum absolute atomic E-state index is 0.462. The van der Waals surface area contributed by atoms with Crippen molar-refractivity contribution in [2.24, 2.45) is 0 Å². The zero-order valence-corrected chi connectivity index (χ0v) is 10.3. The maximum absolute atomic E-state index is 4.53. The maximum Gasteiger partial charge on any atom is 0.142 e. The summed E-state index contributed by atoms with van der Waals surface area (Å²) in [4.78, 5) is 8.95. The molecular weight excluding hydrogens is 186 g/mol. The molecule has 0 spiro atoms. The van der Waals surface area contributed by atoms with Gasteiger partial charge in [0.15, 0.2) is 0 Å². The van der Waals surface area contributed by atoms with Crippen molar-refractivity contribution < 1.29 is 0 Å². The number of hydrogen-bond acceptors (Lipinski definition) is 3. The van der Waals surface area contributed by atoms with E-state index in [0.717, 1.165) is 23.8 Å². The minimum Gasteiger partial charge on any atom is -0.308 e.